The number of benzene rings is 2. The zero-order chi connectivity index (χ0) is 22.7. The van der Waals surface area contributed by atoms with Crippen molar-refractivity contribution in [1.29, 1.82) is 0 Å². The van der Waals surface area contributed by atoms with E-state index < -0.39 is 17.7 Å². The number of ether oxygens (including phenoxy) is 2. The summed E-state index contributed by atoms with van der Waals surface area (Å²) in [6, 6.07) is 16.4. The van der Waals surface area contributed by atoms with Gasteiger partial charge in [-0.25, -0.2) is 0 Å². The number of para-hydroxylation sites is 1. The molecule has 1 aliphatic rings. The molecule has 1 unspecified atom stereocenters. The third kappa shape index (κ3) is 3.85. The van der Waals surface area contributed by atoms with Gasteiger partial charge >= 0.3 is 0 Å². The molecule has 0 saturated carbocycles. The van der Waals surface area contributed by atoms with E-state index in [1.807, 2.05) is 25.1 Å². The maximum absolute atomic E-state index is 13.0. The number of carbonyl (C=O) groups is 2. The Labute approximate surface area is 185 Å². The minimum absolute atomic E-state index is 0.0241. The molecule has 1 aromatic heterocycles. The van der Waals surface area contributed by atoms with E-state index in [-0.39, 0.29) is 17.9 Å². The van der Waals surface area contributed by atoms with Crippen LogP contribution in [0.1, 0.15) is 29.9 Å². The monoisotopic (exact) mass is 433 g/mol. The Morgan fingerprint density at radius 1 is 1.06 bits per heavy atom. The van der Waals surface area contributed by atoms with Crippen LogP contribution in [0.15, 0.2) is 76.9 Å². The molecule has 2 heterocycles. The third-order valence-electron chi connectivity index (χ3n) is 5.32. The summed E-state index contributed by atoms with van der Waals surface area (Å²) < 4.78 is 16.4. The van der Waals surface area contributed by atoms with E-state index in [1.54, 1.807) is 49.6 Å². The lowest BCUT2D eigenvalue weighted by Crippen LogP contribution is -2.29. The van der Waals surface area contributed by atoms with Gasteiger partial charge in [0.25, 0.3) is 11.7 Å². The van der Waals surface area contributed by atoms with Crippen LogP contribution in [-0.4, -0.2) is 35.4 Å². The normalized spacial score (nSPS) is 17.6. The van der Waals surface area contributed by atoms with Gasteiger partial charge in [0, 0.05) is 11.1 Å². The highest BCUT2D eigenvalue weighted by Gasteiger charge is 2.47. The van der Waals surface area contributed by atoms with Crippen LogP contribution in [0.2, 0.25) is 0 Å². The minimum atomic E-state index is -0.874. The minimum Gasteiger partial charge on any atom is -0.507 e. The number of likely N-dealkylation sites (tertiary alicyclic amines) is 1. The fourth-order valence-electron chi connectivity index (χ4n) is 3.83. The van der Waals surface area contributed by atoms with Crippen molar-refractivity contribution in [3.8, 4) is 11.5 Å². The number of rotatable bonds is 7. The molecule has 0 radical (unpaired) electrons. The summed E-state index contributed by atoms with van der Waals surface area (Å²) in [5.74, 6) is -0.137. The molecule has 0 spiro atoms. The van der Waals surface area contributed by atoms with E-state index in [0.717, 1.165) is 5.56 Å². The SMILES string of the molecule is CCOc1ccc(/C(O)=C2/C(=O)C(=O)N(Cc3ccccc3OC)C2c2ccco2)cc1. The van der Waals surface area contributed by atoms with Crippen LogP contribution in [-0.2, 0) is 16.1 Å². The van der Waals surface area contributed by atoms with Crippen molar-refractivity contribution < 1.29 is 28.6 Å². The Morgan fingerprint density at radius 2 is 1.81 bits per heavy atom. The van der Waals surface area contributed by atoms with Crippen LogP contribution in [0.5, 0.6) is 11.5 Å². The van der Waals surface area contributed by atoms with Crippen LogP contribution in [0.4, 0.5) is 0 Å². The molecular formula is C25H23NO6. The number of nitrogens with zero attached hydrogens (tertiary/aromatic N) is 1. The number of hydrogen-bond donors (Lipinski definition) is 1. The van der Waals surface area contributed by atoms with Gasteiger partial charge in [0.2, 0.25) is 0 Å². The van der Waals surface area contributed by atoms with E-state index in [4.69, 9.17) is 13.9 Å². The predicted octanol–water partition coefficient (Wildman–Crippen LogP) is 4.31. The number of hydrogen-bond acceptors (Lipinski definition) is 6. The summed E-state index contributed by atoms with van der Waals surface area (Å²) in [5, 5.41) is 11.1. The highest BCUT2D eigenvalue weighted by molar-refractivity contribution is 6.46. The maximum Gasteiger partial charge on any atom is 0.296 e. The molecule has 1 aliphatic heterocycles. The first-order chi connectivity index (χ1) is 15.5. The van der Waals surface area contributed by atoms with Crippen molar-refractivity contribution >= 4 is 17.4 Å². The van der Waals surface area contributed by atoms with E-state index in [2.05, 4.69) is 0 Å². The lowest BCUT2D eigenvalue weighted by atomic mass is 9.99. The molecular weight excluding hydrogens is 410 g/mol. The van der Waals surface area contributed by atoms with Gasteiger partial charge in [-0.05, 0) is 49.4 Å². The Morgan fingerprint density at radius 3 is 2.47 bits per heavy atom. The Hall–Kier alpha value is -4.00. The second-order valence-electron chi connectivity index (χ2n) is 7.21. The summed E-state index contributed by atoms with van der Waals surface area (Å²) in [6.45, 7) is 2.50. The van der Waals surface area contributed by atoms with Gasteiger partial charge in [-0.15, -0.1) is 0 Å². The lowest BCUT2D eigenvalue weighted by molar-refractivity contribution is -0.140. The molecule has 7 heteroatoms. The highest BCUT2D eigenvalue weighted by Crippen LogP contribution is 2.41. The summed E-state index contributed by atoms with van der Waals surface area (Å²) in [7, 11) is 1.54. The standard InChI is InChI=1S/C25H23NO6/c1-3-31-18-12-10-16(11-13-18)23(27)21-22(20-9-6-14-32-20)26(25(29)24(21)28)15-17-7-4-5-8-19(17)30-2/h4-14,22,27H,3,15H2,1-2H3/b23-21-. The average molecular weight is 433 g/mol. The number of ketones is 1. The number of amides is 1. The van der Waals surface area contributed by atoms with Gasteiger partial charge in [-0.1, -0.05) is 18.2 Å². The number of aliphatic hydroxyl groups excluding tert-OH is 1. The van der Waals surface area contributed by atoms with Crippen molar-refractivity contribution in [2.45, 2.75) is 19.5 Å². The first-order valence-electron chi connectivity index (χ1n) is 10.2. The van der Waals surface area contributed by atoms with Gasteiger partial charge in [0.05, 0.1) is 32.1 Å². The van der Waals surface area contributed by atoms with Crippen molar-refractivity contribution in [3.63, 3.8) is 0 Å². The van der Waals surface area contributed by atoms with Crippen molar-refractivity contribution in [3.05, 3.63) is 89.4 Å². The number of methoxy groups -OCH3 is 1. The van der Waals surface area contributed by atoms with Gasteiger partial charge in [-0.2, -0.15) is 0 Å². The van der Waals surface area contributed by atoms with Crippen LogP contribution >= 0.6 is 0 Å². The fourth-order valence-corrected chi connectivity index (χ4v) is 3.83. The van der Waals surface area contributed by atoms with E-state index >= 15 is 0 Å². The first kappa shape index (κ1) is 21.2. The van der Waals surface area contributed by atoms with Crippen LogP contribution in [0.3, 0.4) is 0 Å². The van der Waals surface area contributed by atoms with Gasteiger partial charge in [-0.3, -0.25) is 9.59 Å². The fraction of sp³-hybridized carbons (Fsp3) is 0.200. The van der Waals surface area contributed by atoms with Crippen LogP contribution in [0.25, 0.3) is 5.76 Å². The topological polar surface area (TPSA) is 89.2 Å². The summed E-state index contributed by atoms with van der Waals surface area (Å²) >= 11 is 0. The number of Topliss-reactive ketones (excluding diaryl/α,β-unsaturated/α-hetero) is 1. The van der Waals surface area contributed by atoms with E-state index in [9.17, 15) is 14.7 Å². The van der Waals surface area contributed by atoms with E-state index in [0.29, 0.717) is 29.4 Å². The molecule has 1 amide bonds. The molecule has 1 atom stereocenters. The predicted molar refractivity (Wildman–Crippen MR) is 117 cm³/mol. The van der Waals surface area contributed by atoms with Gasteiger partial charge in [0.1, 0.15) is 29.1 Å². The highest BCUT2D eigenvalue weighted by atomic mass is 16.5. The van der Waals surface area contributed by atoms with Crippen LogP contribution < -0.4 is 9.47 Å². The van der Waals surface area contributed by atoms with Gasteiger partial charge in [0.15, 0.2) is 0 Å². The summed E-state index contributed by atoms with van der Waals surface area (Å²) in [5.41, 5.74) is 1.11. The summed E-state index contributed by atoms with van der Waals surface area (Å²) in [4.78, 5) is 27.5. The van der Waals surface area contributed by atoms with Crippen molar-refractivity contribution in [2.75, 3.05) is 13.7 Å². The molecule has 4 rings (SSSR count). The summed E-state index contributed by atoms with van der Waals surface area (Å²) in [6.07, 6.45) is 1.47. The van der Waals surface area contributed by atoms with Crippen LogP contribution in [0, 0.1) is 0 Å². The molecule has 0 aliphatic carbocycles. The largest absolute Gasteiger partial charge is 0.507 e. The second kappa shape index (κ2) is 9.01. The zero-order valence-corrected chi connectivity index (χ0v) is 17.8. The lowest BCUT2D eigenvalue weighted by Gasteiger charge is -2.24. The molecule has 7 nitrogen and oxygen atoms in total. The average Bonchev–Trinajstić information content (AvgIpc) is 3.42. The zero-order valence-electron chi connectivity index (χ0n) is 17.8. The number of aliphatic hydroxyl groups is 1. The molecule has 1 saturated heterocycles. The molecule has 1 N–H and O–H groups in total. The molecule has 1 fully saturated rings. The molecule has 3 aromatic rings. The molecule has 32 heavy (non-hydrogen) atoms. The molecule has 0 bridgehead atoms. The quantitative estimate of drug-likeness (QED) is 0.339. The Bertz CT molecular complexity index is 1150. The third-order valence-corrected chi connectivity index (χ3v) is 5.32. The van der Waals surface area contributed by atoms with Crippen molar-refractivity contribution in [1.82, 2.24) is 4.90 Å². The Balaban J connectivity index is 1.79. The number of furan rings is 1. The van der Waals surface area contributed by atoms with Gasteiger partial charge < -0.3 is 23.9 Å². The van der Waals surface area contributed by atoms with E-state index in [1.165, 1.54) is 11.2 Å². The molecule has 164 valence electrons. The smallest absolute Gasteiger partial charge is 0.296 e. The first-order valence-corrected chi connectivity index (χ1v) is 10.2. The molecule has 2 aromatic carbocycles. The Kier molecular flexibility index (Phi) is 5.98. The maximum atomic E-state index is 13.0. The number of carbonyl (C=O) groups excluding carboxylic acids is 2. The second-order valence-corrected chi connectivity index (χ2v) is 7.21. The van der Waals surface area contributed by atoms with Crippen molar-refractivity contribution in [2.24, 2.45) is 0 Å².